The summed E-state index contributed by atoms with van der Waals surface area (Å²) in [5, 5.41) is 4.29. The number of benzene rings is 3. The topological polar surface area (TPSA) is 75.7 Å². The van der Waals surface area contributed by atoms with Gasteiger partial charge < -0.3 is 10.1 Å². The zero-order valence-corrected chi connectivity index (χ0v) is 15.5. The molecule has 0 aromatic heterocycles. The molecule has 4 rings (SSSR count). The molecule has 0 atom stereocenters. The average molecular weight is 382 g/mol. The predicted molar refractivity (Wildman–Crippen MR) is 103 cm³/mol. The number of carbonyl (C=O) groups is 1. The third kappa shape index (κ3) is 3.00. The van der Waals surface area contributed by atoms with Crippen molar-refractivity contribution in [2.24, 2.45) is 0 Å². The zero-order valence-electron chi connectivity index (χ0n) is 14.7. The molecule has 3 aromatic carbocycles. The van der Waals surface area contributed by atoms with Crippen LogP contribution >= 0.6 is 0 Å². The normalized spacial score (nSPS) is 14.3. The van der Waals surface area contributed by atoms with Crippen molar-refractivity contribution in [1.82, 2.24) is 5.32 Å². The summed E-state index contributed by atoms with van der Waals surface area (Å²) < 4.78 is 32.0. The summed E-state index contributed by atoms with van der Waals surface area (Å²) in [6.45, 7) is 0.0557. The van der Waals surface area contributed by atoms with Gasteiger partial charge in [0.25, 0.3) is 10.0 Å². The maximum Gasteiger partial charge on any atom is 0.265 e. The Kier molecular flexibility index (Phi) is 4.24. The van der Waals surface area contributed by atoms with Gasteiger partial charge in [-0.25, -0.2) is 8.42 Å². The molecule has 1 N–H and O–H groups in total. The molecule has 3 aromatic rings. The van der Waals surface area contributed by atoms with Crippen molar-refractivity contribution in [3.05, 3.63) is 66.2 Å². The Morgan fingerprint density at radius 3 is 2.44 bits per heavy atom. The van der Waals surface area contributed by atoms with Gasteiger partial charge in [0.05, 0.1) is 17.7 Å². The van der Waals surface area contributed by atoms with Crippen LogP contribution in [0, 0.1) is 0 Å². The second-order valence-electron chi connectivity index (χ2n) is 6.27. The number of anilines is 1. The highest BCUT2D eigenvalue weighted by Crippen LogP contribution is 2.41. The second kappa shape index (κ2) is 6.59. The number of nitrogens with one attached hydrogen (secondary N) is 1. The van der Waals surface area contributed by atoms with E-state index in [-0.39, 0.29) is 17.3 Å². The van der Waals surface area contributed by atoms with Gasteiger partial charge in [-0.3, -0.25) is 9.10 Å². The van der Waals surface area contributed by atoms with Crippen LogP contribution in [0.3, 0.4) is 0 Å². The summed E-state index contributed by atoms with van der Waals surface area (Å²) in [5.74, 6) is 0.373. The maximum absolute atomic E-state index is 12.9. The first-order valence-electron chi connectivity index (χ1n) is 8.45. The lowest BCUT2D eigenvalue weighted by molar-refractivity contribution is -0.119. The highest BCUT2D eigenvalue weighted by atomic mass is 32.2. The van der Waals surface area contributed by atoms with E-state index in [2.05, 4.69) is 5.32 Å². The number of hydrogen-bond donors (Lipinski definition) is 1. The number of nitrogens with zero attached hydrogens (tertiary/aromatic N) is 1. The van der Waals surface area contributed by atoms with Gasteiger partial charge in [-0.15, -0.1) is 0 Å². The predicted octanol–water partition coefficient (Wildman–Crippen LogP) is 2.67. The molecule has 0 saturated carbocycles. The fraction of sp³-hybridized carbons (Fsp3) is 0.150. The smallest absolute Gasteiger partial charge is 0.265 e. The molecule has 6 nitrogen and oxygen atoms in total. The Hall–Kier alpha value is -3.06. The fourth-order valence-electron chi connectivity index (χ4n) is 3.26. The van der Waals surface area contributed by atoms with Crippen molar-refractivity contribution >= 4 is 32.4 Å². The Balaban J connectivity index is 1.52. The quantitative estimate of drug-likeness (QED) is 0.736. The number of carbonyl (C=O) groups excluding carboxylic acids is 1. The van der Waals surface area contributed by atoms with E-state index < -0.39 is 10.0 Å². The molecule has 0 saturated heterocycles. The molecule has 1 aliphatic heterocycles. The average Bonchev–Trinajstić information content (AvgIpc) is 2.90. The number of amides is 1. The zero-order chi connectivity index (χ0) is 19.0. The standard InChI is InChI=1S/C20H18N2O4S/c1-26-16-10-8-14(9-11-16)12-21-19(23)13-22-17-6-2-4-15-5-3-7-18(20(15)17)27(22,24)25/h2-11H,12-13H2,1H3,(H,21,23). The van der Waals surface area contributed by atoms with Crippen molar-refractivity contribution in [2.75, 3.05) is 18.0 Å². The number of hydrogen-bond acceptors (Lipinski definition) is 4. The summed E-state index contributed by atoms with van der Waals surface area (Å²) in [4.78, 5) is 12.7. The third-order valence-corrected chi connectivity index (χ3v) is 6.42. The summed E-state index contributed by atoms with van der Waals surface area (Å²) in [6, 6.07) is 17.9. The molecular weight excluding hydrogens is 364 g/mol. The Labute approximate surface area is 157 Å². The van der Waals surface area contributed by atoms with Gasteiger partial charge in [-0.05, 0) is 35.2 Å². The first-order chi connectivity index (χ1) is 13.0. The Bertz CT molecular complexity index is 1120. The van der Waals surface area contributed by atoms with E-state index in [1.54, 1.807) is 31.4 Å². The summed E-state index contributed by atoms with van der Waals surface area (Å²) in [5.41, 5.74) is 1.45. The minimum absolute atomic E-state index is 0.249. The first-order valence-corrected chi connectivity index (χ1v) is 9.89. The van der Waals surface area contributed by atoms with Gasteiger partial charge in [0.15, 0.2) is 0 Å². The molecule has 138 valence electrons. The van der Waals surface area contributed by atoms with E-state index in [1.807, 2.05) is 36.4 Å². The molecular formula is C20H18N2O4S. The number of ether oxygens (including phenoxy) is 1. The van der Waals surface area contributed by atoms with Crippen LogP contribution in [-0.2, 0) is 21.4 Å². The van der Waals surface area contributed by atoms with Crippen LogP contribution in [0.2, 0.25) is 0 Å². The van der Waals surface area contributed by atoms with E-state index in [0.29, 0.717) is 17.6 Å². The highest BCUT2D eigenvalue weighted by Gasteiger charge is 2.36. The largest absolute Gasteiger partial charge is 0.497 e. The van der Waals surface area contributed by atoms with Crippen molar-refractivity contribution in [1.29, 1.82) is 0 Å². The monoisotopic (exact) mass is 382 g/mol. The highest BCUT2D eigenvalue weighted by molar-refractivity contribution is 7.93. The van der Waals surface area contributed by atoms with Gasteiger partial charge in [0.2, 0.25) is 5.91 Å². The van der Waals surface area contributed by atoms with Gasteiger partial charge in [-0.2, -0.15) is 0 Å². The van der Waals surface area contributed by atoms with Crippen molar-refractivity contribution < 1.29 is 17.9 Å². The minimum atomic E-state index is -3.73. The lowest BCUT2D eigenvalue weighted by Gasteiger charge is -2.18. The molecule has 1 heterocycles. The van der Waals surface area contributed by atoms with Crippen molar-refractivity contribution in [2.45, 2.75) is 11.4 Å². The van der Waals surface area contributed by atoms with Crippen LogP contribution in [-0.4, -0.2) is 28.0 Å². The van der Waals surface area contributed by atoms with Crippen LogP contribution in [0.5, 0.6) is 5.75 Å². The van der Waals surface area contributed by atoms with E-state index in [9.17, 15) is 13.2 Å². The second-order valence-corrected chi connectivity index (χ2v) is 8.10. The summed E-state index contributed by atoms with van der Waals surface area (Å²) in [6.07, 6.45) is 0. The number of sulfonamides is 1. The van der Waals surface area contributed by atoms with Crippen LogP contribution < -0.4 is 14.4 Å². The third-order valence-electron chi connectivity index (χ3n) is 4.62. The van der Waals surface area contributed by atoms with Crippen molar-refractivity contribution in [3.63, 3.8) is 0 Å². The minimum Gasteiger partial charge on any atom is -0.497 e. The fourth-order valence-corrected chi connectivity index (χ4v) is 4.93. The lowest BCUT2D eigenvalue weighted by Crippen LogP contribution is -2.38. The van der Waals surface area contributed by atoms with E-state index in [0.717, 1.165) is 16.7 Å². The molecule has 7 heteroatoms. The first kappa shape index (κ1) is 17.4. The van der Waals surface area contributed by atoms with Crippen LogP contribution in [0.4, 0.5) is 5.69 Å². The van der Waals surface area contributed by atoms with E-state index >= 15 is 0 Å². The van der Waals surface area contributed by atoms with Gasteiger partial charge in [0.1, 0.15) is 12.3 Å². The Morgan fingerprint density at radius 2 is 1.74 bits per heavy atom. The number of methoxy groups -OCH3 is 1. The Morgan fingerprint density at radius 1 is 1.04 bits per heavy atom. The van der Waals surface area contributed by atoms with Crippen LogP contribution in [0.25, 0.3) is 10.8 Å². The molecule has 1 aliphatic rings. The van der Waals surface area contributed by atoms with E-state index in [1.165, 1.54) is 4.31 Å². The molecule has 0 aliphatic carbocycles. The summed E-state index contributed by atoms with van der Waals surface area (Å²) in [7, 11) is -2.14. The van der Waals surface area contributed by atoms with Gasteiger partial charge in [-0.1, -0.05) is 36.4 Å². The lowest BCUT2D eigenvalue weighted by atomic mass is 10.1. The SMILES string of the molecule is COc1ccc(CNC(=O)CN2c3cccc4cccc(c34)S2(=O)=O)cc1. The van der Waals surface area contributed by atoms with Crippen LogP contribution in [0.15, 0.2) is 65.6 Å². The van der Waals surface area contributed by atoms with Crippen molar-refractivity contribution in [3.8, 4) is 5.75 Å². The maximum atomic E-state index is 12.9. The number of rotatable bonds is 5. The molecule has 27 heavy (non-hydrogen) atoms. The molecule has 0 spiro atoms. The van der Waals surface area contributed by atoms with Gasteiger partial charge in [0, 0.05) is 11.9 Å². The molecule has 0 bridgehead atoms. The molecule has 0 unspecified atom stereocenters. The molecule has 0 fully saturated rings. The van der Waals surface area contributed by atoms with Crippen LogP contribution in [0.1, 0.15) is 5.56 Å². The summed E-state index contributed by atoms with van der Waals surface area (Å²) >= 11 is 0. The molecule has 0 radical (unpaired) electrons. The molecule has 1 amide bonds. The van der Waals surface area contributed by atoms with E-state index in [4.69, 9.17) is 4.74 Å². The van der Waals surface area contributed by atoms with Gasteiger partial charge >= 0.3 is 0 Å².